The van der Waals surface area contributed by atoms with E-state index < -0.39 is 75.8 Å². The Balaban J connectivity index is 1.49. The van der Waals surface area contributed by atoms with Crippen molar-refractivity contribution in [3.8, 4) is 0 Å². The van der Waals surface area contributed by atoms with Gasteiger partial charge in [0, 0.05) is 18.0 Å². The maximum absolute atomic E-state index is 13.7. The highest BCUT2D eigenvalue weighted by Gasteiger charge is 3.12. The minimum Gasteiger partial charge on any atom is -0.451 e. The number of nitrogens with one attached hydrogen (secondary N) is 1. The summed E-state index contributed by atoms with van der Waals surface area (Å²) < 4.78 is 26.8. The summed E-state index contributed by atoms with van der Waals surface area (Å²) in [6.07, 6.45) is -0.798. The molecule has 4 aliphatic carbocycles. The predicted octanol–water partition coefficient (Wildman–Crippen LogP) is 1.25. The number of carbonyl (C=O) groups is 1. The Bertz CT molecular complexity index is 1500. The van der Waals surface area contributed by atoms with Gasteiger partial charge in [0.1, 0.15) is 28.6 Å². The van der Waals surface area contributed by atoms with Crippen LogP contribution >= 0.6 is 11.3 Å². The van der Waals surface area contributed by atoms with Gasteiger partial charge in [-0.25, -0.2) is 4.79 Å². The summed E-state index contributed by atoms with van der Waals surface area (Å²) in [5, 5.41) is 55.0. The number of thiophene rings is 1. The number of aliphatic hydroxyl groups excluding tert-OH is 1. The first kappa shape index (κ1) is 26.6. The molecule has 12 heteroatoms. The number of esters is 1. The van der Waals surface area contributed by atoms with Crippen molar-refractivity contribution in [2.24, 2.45) is 16.7 Å². The van der Waals surface area contributed by atoms with E-state index in [1.807, 2.05) is 23.8 Å². The second kappa shape index (κ2) is 7.19. The Morgan fingerprint density at radius 1 is 1.22 bits per heavy atom. The zero-order valence-electron chi connectivity index (χ0n) is 23.3. The van der Waals surface area contributed by atoms with Crippen LogP contribution in [-0.2, 0) is 18.8 Å². The largest absolute Gasteiger partial charge is 0.495 e. The molecule has 10 atom stereocenters. The molecule has 0 amide bonds. The van der Waals surface area contributed by atoms with Crippen LogP contribution < -0.4 is 5.46 Å². The summed E-state index contributed by atoms with van der Waals surface area (Å²) in [4.78, 5) is 16.5. The van der Waals surface area contributed by atoms with Crippen LogP contribution in [0, 0.1) is 16.7 Å². The van der Waals surface area contributed by atoms with Crippen molar-refractivity contribution in [3.05, 3.63) is 53.0 Å². The minimum absolute atomic E-state index is 0.0955. The van der Waals surface area contributed by atoms with Gasteiger partial charge in [0.25, 0.3) is 0 Å². The van der Waals surface area contributed by atoms with Crippen LogP contribution in [-0.4, -0.2) is 84.5 Å². The third-order valence-corrected chi connectivity index (χ3v) is 13.0. The first-order chi connectivity index (χ1) is 19.2. The molecular formula is C29H34BNO9S. The fourth-order valence-electron chi connectivity index (χ4n) is 10.7. The SMILES string of the molecule is C=C1CCC23OB(c4ccsc4)OC45C(OC(=O)c6ccc[nH]6)C(O)(C(C)C)C6(C)C(O)(CC24C)OC3(C1O)C56O. The first-order valence-electron chi connectivity index (χ1n) is 14.1. The number of hydrogen-bond acceptors (Lipinski definition) is 10. The smallest absolute Gasteiger partial charge is 0.451 e. The van der Waals surface area contributed by atoms with Gasteiger partial charge in [-0.05, 0) is 59.6 Å². The van der Waals surface area contributed by atoms with Gasteiger partial charge in [0.05, 0.1) is 11.0 Å². The number of aromatic nitrogens is 1. The second-order valence-electron chi connectivity index (χ2n) is 13.6. The Morgan fingerprint density at radius 3 is 2.61 bits per heavy atom. The van der Waals surface area contributed by atoms with Crippen LogP contribution in [0.2, 0.25) is 0 Å². The van der Waals surface area contributed by atoms with E-state index in [9.17, 15) is 25.2 Å². The van der Waals surface area contributed by atoms with E-state index in [0.717, 1.165) is 0 Å². The Morgan fingerprint density at radius 2 is 1.98 bits per heavy atom. The van der Waals surface area contributed by atoms with Crippen LogP contribution in [0.25, 0.3) is 0 Å². The van der Waals surface area contributed by atoms with Crippen molar-refractivity contribution in [2.45, 2.75) is 93.0 Å². The number of hydrogen-bond donors (Lipinski definition) is 5. The van der Waals surface area contributed by atoms with Crippen LogP contribution in [0.1, 0.15) is 57.4 Å². The normalized spacial score (nSPS) is 52.4. The van der Waals surface area contributed by atoms with E-state index in [4.69, 9.17) is 18.8 Å². The van der Waals surface area contributed by atoms with Crippen molar-refractivity contribution in [2.75, 3.05) is 0 Å². The lowest BCUT2D eigenvalue weighted by molar-refractivity contribution is -0.387. The minimum atomic E-state index is -2.30. The Labute approximate surface area is 241 Å². The lowest BCUT2D eigenvalue weighted by Crippen LogP contribution is -2.79. The number of aliphatic hydroxyl groups is 4. The molecule has 218 valence electrons. The van der Waals surface area contributed by atoms with Gasteiger partial charge in [-0.2, -0.15) is 11.3 Å². The fourth-order valence-corrected chi connectivity index (χ4v) is 11.4. The molecule has 2 aromatic heterocycles. The van der Waals surface area contributed by atoms with Crippen molar-refractivity contribution < 1.29 is 44.0 Å². The summed E-state index contributed by atoms with van der Waals surface area (Å²) in [6, 6.07) is 5.06. The molecule has 10 unspecified atom stereocenters. The third kappa shape index (κ3) is 2.13. The topological polar surface area (TPSA) is 151 Å². The highest BCUT2D eigenvalue weighted by molar-refractivity contribution is 7.09. The Hall–Kier alpha value is -2.03. The summed E-state index contributed by atoms with van der Waals surface area (Å²) >= 11 is 1.45. The number of carbonyl (C=O) groups excluding carboxylic acids is 1. The molecule has 3 spiro atoms. The van der Waals surface area contributed by atoms with Gasteiger partial charge >= 0.3 is 13.1 Å². The van der Waals surface area contributed by atoms with Gasteiger partial charge in [-0.15, -0.1) is 0 Å². The number of aromatic amines is 1. The van der Waals surface area contributed by atoms with E-state index in [2.05, 4.69) is 11.6 Å². The second-order valence-corrected chi connectivity index (χ2v) is 14.3. The lowest BCUT2D eigenvalue weighted by atomic mass is 9.51. The van der Waals surface area contributed by atoms with Gasteiger partial charge in [-0.3, -0.25) is 0 Å². The quantitative estimate of drug-likeness (QED) is 0.204. The van der Waals surface area contributed by atoms with Crippen LogP contribution in [0.3, 0.4) is 0 Å². The molecule has 0 radical (unpaired) electrons. The van der Waals surface area contributed by atoms with E-state index in [1.165, 1.54) is 11.3 Å². The maximum Gasteiger partial charge on any atom is 0.495 e. The molecule has 3 saturated heterocycles. The van der Waals surface area contributed by atoms with Gasteiger partial charge in [0.15, 0.2) is 17.5 Å². The molecule has 3 aliphatic heterocycles. The standard InChI is InChI=1S/C29H34BNO9S/c1-15(2)26(35)21(37-20(33)18-7-6-11-31-18)28-22(4)14-25(34)23(26,5)29(28,36)27(38-25)19(32)16(3)8-10-24(22,27)39-30(40-28)17-9-12-41-13-17/h6-7,9,11-13,15,19,21,31-32,34-36H,3,8,10,14H2,1-2,4-5H3. The van der Waals surface area contributed by atoms with Crippen molar-refractivity contribution in [3.63, 3.8) is 0 Å². The van der Waals surface area contributed by atoms with Crippen molar-refractivity contribution >= 4 is 29.9 Å². The van der Waals surface area contributed by atoms with E-state index in [-0.39, 0.29) is 12.1 Å². The zero-order chi connectivity index (χ0) is 29.2. The number of H-pyrrole nitrogens is 1. The predicted molar refractivity (Wildman–Crippen MR) is 146 cm³/mol. The zero-order valence-corrected chi connectivity index (χ0v) is 24.2. The molecule has 4 saturated carbocycles. The van der Waals surface area contributed by atoms with Crippen molar-refractivity contribution in [1.82, 2.24) is 4.98 Å². The number of ether oxygens (including phenoxy) is 2. The molecule has 7 bridgehead atoms. The average Bonchev–Trinajstić information content (AvgIpc) is 3.68. The molecule has 5 N–H and O–H groups in total. The number of rotatable bonds is 4. The average molecular weight is 583 g/mol. The Kier molecular flexibility index (Phi) is 4.66. The summed E-state index contributed by atoms with van der Waals surface area (Å²) in [7, 11) is -1.04. The van der Waals surface area contributed by atoms with Crippen LogP contribution in [0.4, 0.5) is 0 Å². The molecule has 0 aromatic carbocycles. The fraction of sp³-hybridized carbons (Fsp3) is 0.621. The maximum atomic E-state index is 13.7. The van der Waals surface area contributed by atoms with E-state index >= 15 is 0 Å². The van der Waals surface area contributed by atoms with Crippen LogP contribution in [0.15, 0.2) is 47.3 Å². The molecule has 5 heterocycles. The van der Waals surface area contributed by atoms with Gasteiger partial charge in [-0.1, -0.05) is 33.4 Å². The summed E-state index contributed by atoms with van der Waals surface area (Å²) in [6.45, 7) is 11.0. The molecule has 9 rings (SSSR count). The molecule has 10 nitrogen and oxygen atoms in total. The molecule has 41 heavy (non-hydrogen) atoms. The highest BCUT2D eigenvalue weighted by atomic mass is 32.1. The molecule has 7 aliphatic rings. The summed E-state index contributed by atoms with van der Waals surface area (Å²) in [5.74, 6) is -3.56. The van der Waals surface area contributed by atoms with E-state index in [0.29, 0.717) is 23.9 Å². The van der Waals surface area contributed by atoms with Crippen molar-refractivity contribution in [1.29, 1.82) is 0 Å². The summed E-state index contributed by atoms with van der Waals surface area (Å²) in [5.41, 5.74) is -11.6. The van der Waals surface area contributed by atoms with Gasteiger partial charge < -0.3 is 44.2 Å². The lowest BCUT2D eigenvalue weighted by Gasteiger charge is -2.65. The third-order valence-electron chi connectivity index (χ3n) is 12.3. The first-order valence-corrected chi connectivity index (χ1v) is 15.1. The van der Waals surface area contributed by atoms with E-state index in [1.54, 1.807) is 39.1 Å². The molecule has 2 aromatic rings. The van der Waals surface area contributed by atoms with Crippen LogP contribution in [0.5, 0.6) is 0 Å². The molecular weight excluding hydrogens is 549 g/mol. The monoisotopic (exact) mass is 583 g/mol. The molecule has 7 fully saturated rings. The highest BCUT2D eigenvalue weighted by Crippen LogP contribution is 2.92. The van der Waals surface area contributed by atoms with Gasteiger partial charge in [0.2, 0.25) is 0 Å².